The van der Waals surface area contributed by atoms with Crippen molar-refractivity contribution in [1.29, 1.82) is 0 Å². The predicted molar refractivity (Wildman–Crippen MR) is 308 cm³/mol. The fourth-order valence-corrected chi connectivity index (χ4v) is 12.8. The zero-order valence-electron chi connectivity index (χ0n) is 40.8. The van der Waals surface area contributed by atoms with Gasteiger partial charge in [0.1, 0.15) is 0 Å². The summed E-state index contributed by atoms with van der Waals surface area (Å²) in [5, 5.41) is 10.7. The smallest absolute Gasteiger partial charge is 0.160 e. The van der Waals surface area contributed by atoms with E-state index in [-0.39, 0.29) is 5.41 Å². The first kappa shape index (κ1) is 41.1. The predicted octanol–water partition coefficient (Wildman–Crippen LogP) is 17.7. The molecule has 11 aromatic carbocycles. The van der Waals surface area contributed by atoms with Crippen molar-refractivity contribution < 1.29 is 0 Å². The van der Waals surface area contributed by atoms with Gasteiger partial charge in [0.2, 0.25) is 0 Å². The van der Waals surface area contributed by atoms with E-state index in [9.17, 15) is 0 Å². The molecule has 346 valence electrons. The molecule has 0 saturated carbocycles. The molecule has 0 amide bonds. The monoisotopic (exact) mass is 943 g/mol. The Morgan fingerprint density at radius 3 is 1.35 bits per heavy atom. The standard InChI is InChI=1S/C69H45N5/c1-69(2)58-22-10-5-17-49(58)57-39-44(30-38-59(57)69)68-70-66(56-35-29-42-15-3-4-16-48(42)67(56)71-68)43-27-31-45(32-28-43)72-64-40-46(73-60-23-11-6-18-50(60)51-19-7-12-24-61(51)73)33-36-54(64)55-37-34-47(41-65(55)72)74-62-25-13-8-20-52(62)53-21-9-14-26-63(53)74/h3-41H,1-2H3. The van der Waals surface area contributed by atoms with Crippen LogP contribution in [0, 0.1) is 0 Å². The Balaban J connectivity index is 0.916. The molecule has 1 aliphatic rings. The van der Waals surface area contributed by atoms with Gasteiger partial charge in [-0.05, 0) is 100 Å². The van der Waals surface area contributed by atoms with Crippen molar-refractivity contribution in [3.05, 3.63) is 248 Å². The summed E-state index contributed by atoms with van der Waals surface area (Å²) in [7, 11) is 0. The highest BCUT2D eigenvalue weighted by Crippen LogP contribution is 2.50. The summed E-state index contributed by atoms with van der Waals surface area (Å²) in [6.45, 7) is 4.65. The molecule has 4 aromatic heterocycles. The quantitative estimate of drug-likeness (QED) is 0.161. The first-order chi connectivity index (χ1) is 36.5. The molecule has 1 aliphatic carbocycles. The molecule has 0 aliphatic heterocycles. The van der Waals surface area contributed by atoms with Gasteiger partial charge in [-0.15, -0.1) is 0 Å². The highest BCUT2D eigenvalue weighted by Gasteiger charge is 2.35. The maximum Gasteiger partial charge on any atom is 0.160 e. The van der Waals surface area contributed by atoms with Gasteiger partial charge in [-0.2, -0.15) is 0 Å². The summed E-state index contributed by atoms with van der Waals surface area (Å²) in [5.74, 6) is 0.718. The second-order valence-corrected chi connectivity index (χ2v) is 20.5. The van der Waals surface area contributed by atoms with Crippen LogP contribution in [0.4, 0.5) is 0 Å². The van der Waals surface area contributed by atoms with E-state index in [1.807, 2.05) is 0 Å². The third-order valence-corrected chi connectivity index (χ3v) is 16.2. The Bertz CT molecular complexity index is 4590. The molecular weight excluding hydrogens is 899 g/mol. The normalized spacial score (nSPS) is 13.1. The Kier molecular flexibility index (Phi) is 8.45. The van der Waals surface area contributed by atoms with Gasteiger partial charge in [0.25, 0.3) is 0 Å². The fourth-order valence-electron chi connectivity index (χ4n) is 12.8. The van der Waals surface area contributed by atoms with Crippen molar-refractivity contribution in [3.63, 3.8) is 0 Å². The van der Waals surface area contributed by atoms with Crippen molar-refractivity contribution in [1.82, 2.24) is 23.7 Å². The molecular formula is C69H45N5. The van der Waals surface area contributed by atoms with Crippen LogP contribution in [0.3, 0.4) is 0 Å². The van der Waals surface area contributed by atoms with Crippen molar-refractivity contribution in [2.75, 3.05) is 0 Å². The van der Waals surface area contributed by atoms with Crippen LogP contribution < -0.4 is 0 Å². The molecule has 16 rings (SSSR count). The zero-order valence-corrected chi connectivity index (χ0v) is 40.8. The zero-order chi connectivity index (χ0) is 48.8. The van der Waals surface area contributed by atoms with Crippen molar-refractivity contribution in [3.8, 4) is 50.8 Å². The van der Waals surface area contributed by atoms with Gasteiger partial charge in [-0.3, -0.25) is 0 Å². The van der Waals surface area contributed by atoms with Gasteiger partial charge in [0, 0.05) is 76.7 Å². The van der Waals surface area contributed by atoms with E-state index in [1.165, 1.54) is 76.6 Å². The van der Waals surface area contributed by atoms with E-state index in [0.717, 1.165) is 72.4 Å². The summed E-state index contributed by atoms with van der Waals surface area (Å²) in [4.78, 5) is 10.9. The maximum atomic E-state index is 5.51. The summed E-state index contributed by atoms with van der Waals surface area (Å²) in [6, 6.07) is 86.6. The van der Waals surface area contributed by atoms with Crippen LogP contribution in [0.1, 0.15) is 25.0 Å². The lowest BCUT2D eigenvalue weighted by atomic mass is 9.82. The highest BCUT2D eigenvalue weighted by atomic mass is 15.0. The minimum atomic E-state index is -0.0899. The molecule has 0 radical (unpaired) electrons. The number of nitrogens with zero attached hydrogens (tertiary/aromatic N) is 5. The molecule has 0 fully saturated rings. The van der Waals surface area contributed by atoms with Crippen LogP contribution in [0.5, 0.6) is 0 Å². The topological polar surface area (TPSA) is 40.6 Å². The minimum absolute atomic E-state index is 0.0899. The van der Waals surface area contributed by atoms with E-state index in [0.29, 0.717) is 0 Å². The number of benzene rings is 11. The van der Waals surface area contributed by atoms with Gasteiger partial charge in [0.15, 0.2) is 5.82 Å². The minimum Gasteiger partial charge on any atom is -0.309 e. The number of hydrogen-bond donors (Lipinski definition) is 0. The molecule has 0 unspecified atom stereocenters. The molecule has 0 saturated heterocycles. The van der Waals surface area contributed by atoms with Crippen LogP contribution in [0.2, 0.25) is 0 Å². The van der Waals surface area contributed by atoms with Crippen molar-refractivity contribution in [2.45, 2.75) is 19.3 Å². The number of para-hydroxylation sites is 4. The SMILES string of the molecule is CC1(C)c2ccccc2-c2cc(-c3nc(-c4ccc(-n5c6cc(-n7c8ccccc8c8ccccc87)ccc6c6ccc(-n7c8ccccc8c8ccccc87)cc65)cc4)c4ccc5ccccc5c4n3)ccc21. The molecule has 0 atom stereocenters. The van der Waals surface area contributed by atoms with E-state index >= 15 is 0 Å². The Morgan fingerprint density at radius 2 is 0.757 bits per heavy atom. The molecule has 5 nitrogen and oxygen atoms in total. The van der Waals surface area contributed by atoms with Crippen molar-refractivity contribution >= 4 is 87.1 Å². The second-order valence-electron chi connectivity index (χ2n) is 20.5. The summed E-state index contributed by atoms with van der Waals surface area (Å²) in [6.07, 6.45) is 0. The molecule has 0 spiro atoms. The summed E-state index contributed by atoms with van der Waals surface area (Å²) < 4.78 is 7.30. The average Bonchev–Trinajstić information content (AvgIpc) is 4.18. The maximum absolute atomic E-state index is 5.51. The highest BCUT2D eigenvalue weighted by molar-refractivity contribution is 6.14. The number of aromatic nitrogens is 5. The first-order valence-electron chi connectivity index (χ1n) is 25.6. The third-order valence-electron chi connectivity index (χ3n) is 16.2. The van der Waals surface area contributed by atoms with Crippen LogP contribution in [0.25, 0.3) is 138 Å². The number of rotatable bonds is 5. The van der Waals surface area contributed by atoms with Gasteiger partial charge < -0.3 is 13.7 Å². The largest absolute Gasteiger partial charge is 0.309 e. The molecule has 0 bridgehead atoms. The lowest BCUT2D eigenvalue weighted by molar-refractivity contribution is 0.660. The molecule has 0 N–H and O–H groups in total. The van der Waals surface area contributed by atoms with E-state index in [1.54, 1.807) is 0 Å². The van der Waals surface area contributed by atoms with Gasteiger partial charge in [0.05, 0.1) is 44.3 Å². The van der Waals surface area contributed by atoms with E-state index < -0.39 is 0 Å². The van der Waals surface area contributed by atoms with Crippen molar-refractivity contribution in [2.24, 2.45) is 0 Å². The molecule has 15 aromatic rings. The van der Waals surface area contributed by atoms with Crippen LogP contribution in [0.15, 0.2) is 237 Å². The Hall–Kier alpha value is -9.58. The second kappa shape index (κ2) is 15.2. The number of hydrogen-bond acceptors (Lipinski definition) is 2. The van der Waals surface area contributed by atoms with Gasteiger partial charge >= 0.3 is 0 Å². The van der Waals surface area contributed by atoms with Crippen LogP contribution >= 0.6 is 0 Å². The van der Waals surface area contributed by atoms with E-state index in [4.69, 9.17) is 9.97 Å². The summed E-state index contributed by atoms with van der Waals surface area (Å²) in [5.41, 5.74) is 19.3. The lowest BCUT2D eigenvalue weighted by Gasteiger charge is -2.21. The molecule has 74 heavy (non-hydrogen) atoms. The average molecular weight is 944 g/mol. The third kappa shape index (κ3) is 5.75. The Labute approximate surface area is 426 Å². The van der Waals surface area contributed by atoms with Crippen LogP contribution in [-0.2, 0) is 5.41 Å². The fraction of sp³-hybridized carbons (Fsp3) is 0.0435. The number of fused-ring (bicyclic) bond motifs is 15. The van der Waals surface area contributed by atoms with E-state index in [2.05, 4.69) is 264 Å². The Morgan fingerprint density at radius 1 is 0.311 bits per heavy atom. The first-order valence-corrected chi connectivity index (χ1v) is 25.6. The molecule has 5 heteroatoms. The lowest BCUT2D eigenvalue weighted by Crippen LogP contribution is -2.14. The molecule has 4 heterocycles. The van der Waals surface area contributed by atoms with Gasteiger partial charge in [-0.1, -0.05) is 178 Å². The summed E-state index contributed by atoms with van der Waals surface area (Å²) >= 11 is 0. The van der Waals surface area contributed by atoms with Gasteiger partial charge in [-0.25, -0.2) is 9.97 Å². The van der Waals surface area contributed by atoms with Crippen LogP contribution in [-0.4, -0.2) is 23.7 Å².